The molecule has 0 spiro atoms. The number of fused-ring (bicyclic) bond motifs is 1. The van der Waals surface area contributed by atoms with E-state index in [0.29, 0.717) is 37.2 Å². The highest BCUT2D eigenvalue weighted by atomic mass is 31.2. The Labute approximate surface area is 284 Å². The number of unbranched alkanes of at least 4 members (excludes halogenated alkanes) is 11. The first-order chi connectivity index (χ1) is 22.9. The second kappa shape index (κ2) is 22.7. The Morgan fingerprint density at radius 2 is 1.23 bits per heavy atom. The molecule has 274 valence electrons. The number of carbonyl (C=O) groups is 1. The summed E-state index contributed by atoms with van der Waals surface area (Å²) in [6.07, 6.45) is 13.7. The molecule has 0 aliphatic carbocycles. The van der Waals surface area contributed by atoms with Gasteiger partial charge in [-0.15, -0.1) is 0 Å². The highest BCUT2D eigenvalue weighted by Gasteiger charge is 2.24. The third-order valence-electron chi connectivity index (χ3n) is 8.36. The molecule has 0 radical (unpaired) electrons. The molecule has 0 saturated carbocycles. The first kappa shape index (κ1) is 42.2. The molecular formula is C33H56N2O11P2. The molecule has 1 unspecified atom stereocenters. The van der Waals surface area contributed by atoms with Crippen molar-refractivity contribution in [1.29, 1.82) is 0 Å². The molecule has 1 aromatic carbocycles. The van der Waals surface area contributed by atoms with E-state index >= 15 is 0 Å². The molecular weight excluding hydrogens is 662 g/mol. The number of Topliss-reactive ketones (excluding diaryl/α,β-unsaturated/α-hetero) is 1. The van der Waals surface area contributed by atoms with E-state index in [9.17, 15) is 18.7 Å². The second-order valence-electron chi connectivity index (χ2n) is 12.1. The number of hydrogen-bond acceptors (Lipinski definition) is 9. The van der Waals surface area contributed by atoms with E-state index in [1.807, 2.05) is 30.9 Å². The van der Waals surface area contributed by atoms with Crippen LogP contribution in [-0.2, 0) is 18.2 Å². The summed E-state index contributed by atoms with van der Waals surface area (Å²) in [5.41, 5.74) is 0.502. The summed E-state index contributed by atoms with van der Waals surface area (Å²) in [5.74, 6) is -0.302. The number of hydrogen-bond donors (Lipinski definition) is 5. The van der Waals surface area contributed by atoms with E-state index in [1.54, 1.807) is 12.1 Å². The van der Waals surface area contributed by atoms with E-state index in [4.69, 9.17) is 24.0 Å². The molecule has 0 aliphatic rings. The van der Waals surface area contributed by atoms with E-state index in [2.05, 4.69) is 14.4 Å². The maximum Gasteiger partial charge on any atom is 0.469 e. The molecule has 0 bridgehead atoms. The Hall–Kier alpha value is -1.92. The van der Waals surface area contributed by atoms with Crippen LogP contribution in [0.25, 0.3) is 11.0 Å². The van der Waals surface area contributed by atoms with Crippen LogP contribution in [0.5, 0.6) is 0 Å². The van der Waals surface area contributed by atoms with Crippen molar-refractivity contribution in [3.05, 3.63) is 40.2 Å². The lowest BCUT2D eigenvalue weighted by Crippen LogP contribution is -2.36. The third-order valence-corrected chi connectivity index (χ3v) is 9.40. The average Bonchev–Trinajstić information content (AvgIpc) is 3.02. The molecule has 2 aromatic rings. The maximum absolute atomic E-state index is 13.6. The lowest BCUT2D eigenvalue weighted by Gasteiger charge is -2.25. The van der Waals surface area contributed by atoms with E-state index in [0.717, 1.165) is 88.9 Å². The van der Waals surface area contributed by atoms with Gasteiger partial charge in [-0.1, -0.05) is 82.8 Å². The molecule has 5 N–H and O–H groups in total. The second-order valence-corrected chi connectivity index (χ2v) is 14.6. The van der Waals surface area contributed by atoms with Crippen molar-refractivity contribution < 1.29 is 47.0 Å². The highest BCUT2D eigenvalue weighted by Crippen LogP contribution is 2.36. The Bertz CT molecular complexity index is 1370. The lowest BCUT2D eigenvalue weighted by molar-refractivity contribution is 0.0982. The van der Waals surface area contributed by atoms with Gasteiger partial charge in [0.1, 0.15) is 11.1 Å². The quantitative estimate of drug-likeness (QED) is 0.0265. The first-order valence-corrected chi connectivity index (χ1v) is 20.4. The van der Waals surface area contributed by atoms with Crippen molar-refractivity contribution in [3.8, 4) is 0 Å². The zero-order valence-electron chi connectivity index (χ0n) is 28.5. The standard InChI is InChI=1S/C33H56N2O11P2/c1-3-35(4-2)32-28-22-16-17-23-30(28)46-33(37)31(32)29(36)26-34-27(21-15-11-13-19-25-45-48(41,42)43)20-14-10-8-6-5-7-9-12-18-24-44-47(38,39)40/h16-17,22-23,27,34H,3-15,18-21,24-26H2,1-2H3,(H2,38,39,40)(H2,41,42,43). The van der Waals surface area contributed by atoms with Gasteiger partial charge in [0, 0.05) is 24.5 Å². The molecule has 0 fully saturated rings. The Morgan fingerprint density at radius 1 is 0.771 bits per heavy atom. The summed E-state index contributed by atoms with van der Waals surface area (Å²) < 4.78 is 36.1. The molecule has 0 aliphatic heterocycles. The predicted octanol–water partition coefficient (Wildman–Crippen LogP) is 6.85. The number of anilines is 1. The van der Waals surface area contributed by atoms with Crippen LogP contribution >= 0.6 is 15.6 Å². The summed E-state index contributed by atoms with van der Waals surface area (Å²) in [6.45, 7) is 5.33. The van der Waals surface area contributed by atoms with Gasteiger partial charge in [0.15, 0.2) is 5.78 Å². The fourth-order valence-electron chi connectivity index (χ4n) is 5.87. The van der Waals surface area contributed by atoms with Crippen LogP contribution in [0.1, 0.15) is 121 Å². The van der Waals surface area contributed by atoms with E-state index in [1.165, 1.54) is 0 Å². The van der Waals surface area contributed by atoms with Gasteiger partial charge in [0.2, 0.25) is 0 Å². The summed E-state index contributed by atoms with van der Waals surface area (Å²) in [4.78, 5) is 63.9. The number of phosphoric acid groups is 2. The fourth-order valence-corrected chi connectivity index (χ4v) is 6.60. The van der Waals surface area contributed by atoms with Crippen molar-refractivity contribution in [2.24, 2.45) is 0 Å². The van der Waals surface area contributed by atoms with E-state index < -0.39 is 21.3 Å². The van der Waals surface area contributed by atoms with Crippen molar-refractivity contribution >= 4 is 38.1 Å². The van der Waals surface area contributed by atoms with Gasteiger partial charge in [-0.2, -0.15) is 0 Å². The lowest BCUT2D eigenvalue weighted by atomic mass is 9.99. The minimum Gasteiger partial charge on any atom is -0.422 e. The average molecular weight is 719 g/mol. The summed E-state index contributed by atoms with van der Waals surface area (Å²) in [6, 6.07) is 7.34. The Morgan fingerprint density at radius 3 is 1.71 bits per heavy atom. The molecule has 0 saturated heterocycles. The molecule has 0 amide bonds. The molecule has 1 heterocycles. The highest BCUT2D eigenvalue weighted by molar-refractivity contribution is 7.46. The Balaban J connectivity index is 1.90. The zero-order valence-corrected chi connectivity index (χ0v) is 30.3. The largest absolute Gasteiger partial charge is 0.469 e. The monoisotopic (exact) mass is 718 g/mol. The van der Waals surface area contributed by atoms with Crippen LogP contribution in [0.15, 0.2) is 33.5 Å². The van der Waals surface area contributed by atoms with Gasteiger partial charge in [-0.3, -0.25) is 13.8 Å². The smallest absolute Gasteiger partial charge is 0.422 e. The number of nitrogens with zero attached hydrogens (tertiary/aromatic N) is 1. The number of nitrogens with one attached hydrogen (secondary N) is 1. The topological polar surface area (TPSA) is 196 Å². The number of benzene rings is 1. The molecule has 2 rings (SSSR count). The van der Waals surface area contributed by atoms with Crippen molar-refractivity contribution in [1.82, 2.24) is 5.32 Å². The van der Waals surface area contributed by atoms with Crippen molar-refractivity contribution in [2.45, 2.75) is 116 Å². The van der Waals surface area contributed by atoms with Gasteiger partial charge in [-0.25, -0.2) is 13.9 Å². The summed E-state index contributed by atoms with van der Waals surface area (Å²) in [7, 11) is -8.83. The minimum atomic E-state index is -4.45. The first-order valence-electron chi connectivity index (χ1n) is 17.3. The summed E-state index contributed by atoms with van der Waals surface area (Å²) >= 11 is 0. The number of para-hydroxylation sites is 1. The number of phosphoric ester groups is 2. The van der Waals surface area contributed by atoms with Crippen LogP contribution in [0, 0.1) is 0 Å². The zero-order chi connectivity index (χ0) is 35.4. The molecule has 13 nitrogen and oxygen atoms in total. The number of ketones is 1. The van der Waals surface area contributed by atoms with Gasteiger partial charge >= 0.3 is 21.3 Å². The van der Waals surface area contributed by atoms with Crippen LogP contribution < -0.4 is 15.8 Å². The maximum atomic E-state index is 13.6. The molecule has 1 aromatic heterocycles. The van der Waals surface area contributed by atoms with Crippen molar-refractivity contribution in [2.75, 3.05) is 37.7 Å². The van der Waals surface area contributed by atoms with Gasteiger partial charge in [0.25, 0.3) is 0 Å². The number of rotatable bonds is 28. The van der Waals surface area contributed by atoms with Gasteiger partial charge < -0.3 is 34.2 Å². The van der Waals surface area contributed by atoms with Crippen molar-refractivity contribution in [3.63, 3.8) is 0 Å². The SMILES string of the molecule is CCN(CC)c1c(C(=O)CNC(CCCCCCCCCCCOP(=O)(O)O)CCCCCCOP(=O)(O)O)c(=O)oc2ccccc12. The molecule has 1 atom stereocenters. The third kappa shape index (κ3) is 17.1. The van der Waals surface area contributed by atoms with Gasteiger partial charge in [0.05, 0.1) is 25.4 Å². The molecule has 15 heteroatoms. The predicted molar refractivity (Wildman–Crippen MR) is 187 cm³/mol. The fraction of sp³-hybridized carbons (Fsp3) is 0.697. The van der Waals surface area contributed by atoms with Crippen LogP contribution in [0.3, 0.4) is 0 Å². The van der Waals surface area contributed by atoms with Crippen LogP contribution in [0.4, 0.5) is 5.69 Å². The minimum absolute atomic E-state index is 0.00862. The normalized spacial score (nSPS) is 12.9. The Kier molecular flexibility index (Phi) is 20.0. The summed E-state index contributed by atoms with van der Waals surface area (Å²) in [5, 5.41) is 4.16. The number of carbonyl (C=O) groups excluding carboxylic acids is 1. The van der Waals surface area contributed by atoms with Crippen LogP contribution in [0.2, 0.25) is 0 Å². The molecule has 48 heavy (non-hydrogen) atoms. The van der Waals surface area contributed by atoms with E-state index in [-0.39, 0.29) is 37.1 Å². The van der Waals surface area contributed by atoms with Gasteiger partial charge in [-0.05, 0) is 51.7 Å². The van der Waals surface area contributed by atoms with Crippen LogP contribution in [-0.4, -0.2) is 64.2 Å².